The van der Waals surface area contributed by atoms with Gasteiger partial charge in [0.25, 0.3) is 0 Å². The van der Waals surface area contributed by atoms with Gasteiger partial charge in [-0.05, 0) is 43.7 Å². The van der Waals surface area contributed by atoms with Crippen molar-refractivity contribution in [2.24, 2.45) is 17.6 Å². The summed E-state index contributed by atoms with van der Waals surface area (Å²) in [7, 11) is 1.84. The predicted octanol–water partition coefficient (Wildman–Crippen LogP) is 2.13. The number of carbonyl (C=O) groups excluding carboxylic acids is 1. The minimum atomic E-state index is 0.0473. The van der Waals surface area contributed by atoms with Gasteiger partial charge in [-0.2, -0.15) is 0 Å². The van der Waals surface area contributed by atoms with Crippen LogP contribution in [0.25, 0.3) is 11.0 Å². The van der Waals surface area contributed by atoms with Gasteiger partial charge in [0.2, 0.25) is 5.91 Å². The summed E-state index contributed by atoms with van der Waals surface area (Å²) in [6, 6.07) is 3.76. The fourth-order valence-electron chi connectivity index (χ4n) is 3.40. The number of rotatable bonds is 4. The number of fused-ring (bicyclic) bond motifs is 1. The molecule has 1 fully saturated rings. The minimum Gasteiger partial charge on any atom is -0.370 e. The lowest BCUT2D eigenvalue weighted by Gasteiger charge is -2.30. The Morgan fingerprint density at radius 2 is 2.17 bits per heavy atom. The number of aromatic amines is 1. The Bertz CT molecular complexity index is 732. The lowest BCUT2D eigenvalue weighted by Crippen LogP contribution is -2.38. The van der Waals surface area contributed by atoms with Crippen molar-refractivity contribution in [2.75, 3.05) is 18.9 Å². The van der Waals surface area contributed by atoms with Crippen molar-refractivity contribution >= 4 is 28.6 Å². The molecule has 7 heteroatoms. The van der Waals surface area contributed by atoms with Crippen LogP contribution >= 0.6 is 0 Å². The second kappa shape index (κ2) is 6.90. The number of aromatic nitrogens is 2. The first kappa shape index (κ1) is 16.3. The van der Waals surface area contributed by atoms with E-state index in [1.165, 1.54) is 0 Å². The molecule has 1 amide bonds. The van der Waals surface area contributed by atoms with Crippen LogP contribution in [0.5, 0.6) is 0 Å². The van der Waals surface area contributed by atoms with Gasteiger partial charge < -0.3 is 20.9 Å². The van der Waals surface area contributed by atoms with Gasteiger partial charge in [-0.25, -0.2) is 4.98 Å². The highest BCUT2D eigenvalue weighted by atomic mass is 16.1. The summed E-state index contributed by atoms with van der Waals surface area (Å²) >= 11 is 0. The van der Waals surface area contributed by atoms with E-state index < -0.39 is 0 Å². The fourth-order valence-corrected chi connectivity index (χ4v) is 3.40. The van der Waals surface area contributed by atoms with Gasteiger partial charge in [0.05, 0.1) is 5.69 Å². The Labute approximate surface area is 141 Å². The topological polar surface area (TPSA) is 111 Å². The first-order chi connectivity index (χ1) is 11.5. The number of guanidine groups is 1. The van der Waals surface area contributed by atoms with Crippen LogP contribution in [-0.2, 0) is 4.79 Å². The second-order valence-corrected chi connectivity index (χ2v) is 6.57. The third-order valence-corrected chi connectivity index (χ3v) is 4.88. The molecule has 0 aromatic carbocycles. The Hall–Kier alpha value is -2.57. The first-order valence-electron chi connectivity index (χ1n) is 8.32. The molecule has 0 atom stereocenters. The summed E-state index contributed by atoms with van der Waals surface area (Å²) in [5.41, 5.74) is 7.08. The number of nitrogens with two attached hydrogens (primary N) is 1. The van der Waals surface area contributed by atoms with E-state index >= 15 is 0 Å². The molecule has 0 radical (unpaired) electrons. The number of nitrogens with zero attached hydrogens (tertiary/aromatic N) is 2. The smallest absolute Gasteiger partial charge is 0.227 e. The molecular formula is C17H24N6O. The van der Waals surface area contributed by atoms with E-state index in [4.69, 9.17) is 11.1 Å². The normalized spacial score (nSPS) is 20.7. The maximum Gasteiger partial charge on any atom is 0.227 e. The molecule has 2 heterocycles. The number of hydrogen-bond donors (Lipinski definition) is 4. The zero-order valence-electron chi connectivity index (χ0n) is 13.9. The number of carbonyl (C=O) groups is 1. The van der Waals surface area contributed by atoms with E-state index in [-0.39, 0.29) is 17.8 Å². The Kier molecular flexibility index (Phi) is 4.69. The predicted molar refractivity (Wildman–Crippen MR) is 94.7 cm³/mol. The standard InChI is InChI=1S/C17H24N6O/c1-23(17(18)19)10-11-2-4-12(5-3-11)16(24)22-14-7-9-21-15-13(14)6-8-20-15/h6-9,11-12H,2-5,10H2,1H3,(H3,18,19)(H2,20,21,22,24). The third-order valence-electron chi connectivity index (χ3n) is 4.88. The van der Waals surface area contributed by atoms with Gasteiger partial charge in [-0.3, -0.25) is 10.2 Å². The molecule has 128 valence electrons. The molecule has 5 N–H and O–H groups in total. The average Bonchev–Trinajstić information content (AvgIpc) is 3.05. The fraction of sp³-hybridized carbons (Fsp3) is 0.471. The highest BCUT2D eigenvalue weighted by Crippen LogP contribution is 2.30. The zero-order chi connectivity index (χ0) is 17.1. The summed E-state index contributed by atoms with van der Waals surface area (Å²) in [4.78, 5) is 21.6. The van der Waals surface area contributed by atoms with Crippen LogP contribution in [0.1, 0.15) is 25.7 Å². The molecule has 3 rings (SSSR count). The van der Waals surface area contributed by atoms with E-state index in [0.29, 0.717) is 5.92 Å². The van der Waals surface area contributed by atoms with Crippen molar-refractivity contribution < 1.29 is 4.79 Å². The molecule has 0 bridgehead atoms. The molecule has 2 aromatic rings. The summed E-state index contributed by atoms with van der Waals surface area (Å²) in [6.45, 7) is 0.790. The maximum absolute atomic E-state index is 12.6. The summed E-state index contributed by atoms with van der Waals surface area (Å²) in [5, 5.41) is 11.4. The lowest BCUT2D eigenvalue weighted by molar-refractivity contribution is -0.121. The van der Waals surface area contributed by atoms with Crippen LogP contribution < -0.4 is 11.1 Å². The van der Waals surface area contributed by atoms with Crippen LogP contribution in [0.15, 0.2) is 24.5 Å². The van der Waals surface area contributed by atoms with Gasteiger partial charge in [0.15, 0.2) is 5.96 Å². The highest BCUT2D eigenvalue weighted by Gasteiger charge is 2.27. The number of amides is 1. The van der Waals surface area contributed by atoms with Crippen LogP contribution in [0.3, 0.4) is 0 Å². The number of nitrogens with one attached hydrogen (secondary N) is 3. The van der Waals surface area contributed by atoms with Gasteiger partial charge in [-0.15, -0.1) is 0 Å². The molecule has 0 saturated heterocycles. The number of pyridine rings is 1. The van der Waals surface area contributed by atoms with Crippen molar-refractivity contribution in [3.8, 4) is 0 Å². The molecule has 0 spiro atoms. The number of hydrogen-bond acceptors (Lipinski definition) is 3. The Balaban J connectivity index is 1.56. The van der Waals surface area contributed by atoms with Crippen LogP contribution in [-0.4, -0.2) is 40.3 Å². The average molecular weight is 328 g/mol. The van der Waals surface area contributed by atoms with E-state index in [2.05, 4.69) is 15.3 Å². The molecule has 1 aliphatic rings. The van der Waals surface area contributed by atoms with Crippen molar-refractivity contribution in [1.29, 1.82) is 5.41 Å². The highest BCUT2D eigenvalue weighted by molar-refractivity contribution is 6.00. The quantitative estimate of drug-likeness (QED) is 0.509. The Morgan fingerprint density at radius 1 is 1.42 bits per heavy atom. The first-order valence-corrected chi connectivity index (χ1v) is 8.32. The van der Waals surface area contributed by atoms with E-state index in [0.717, 1.165) is 48.9 Å². The summed E-state index contributed by atoms with van der Waals surface area (Å²) in [6.07, 6.45) is 7.26. The van der Waals surface area contributed by atoms with Crippen molar-refractivity contribution in [1.82, 2.24) is 14.9 Å². The molecule has 1 aliphatic carbocycles. The molecular weight excluding hydrogens is 304 g/mol. The Morgan fingerprint density at radius 3 is 2.88 bits per heavy atom. The van der Waals surface area contributed by atoms with Crippen molar-refractivity contribution in [3.05, 3.63) is 24.5 Å². The van der Waals surface area contributed by atoms with Crippen LogP contribution in [0, 0.1) is 17.2 Å². The van der Waals surface area contributed by atoms with Gasteiger partial charge in [0, 0.05) is 37.3 Å². The minimum absolute atomic E-state index is 0.0473. The molecule has 1 saturated carbocycles. The van der Waals surface area contributed by atoms with Gasteiger partial charge in [0.1, 0.15) is 5.65 Å². The number of H-pyrrole nitrogens is 1. The third kappa shape index (κ3) is 3.50. The zero-order valence-corrected chi connectivity index (χ0v) is 13.9. The monoisotopic (exact) mass is 328 g/mol. The molecule has 24 heavy (non-hydrogen) atoms. The second-order valence-electron chi connectivity index (χ2n) is 6.57. The maximum atomic E-state index is 12.6. The van der Waals surface area contributed by atoms with Gasteiger partial charge in [-0.1, -0.05) is 0 Å². The lowest BCUT2D eigenvalue weighted by atomic mass is 9.81. The SMILES string of the molecule is CN(CC1CCC(C(=O)Nc2ccnc3[nH]ccc23)CC1)C(=N)N. The van der Waals surface area contributed by atoms with Crippen molar-refractivity contribution in [3.63, 3.8) is 0 Å². The molecule has 0 aliphatic heterocycles. The number of anilines is 1. The van der Waals surface area contributed by atoms with Crippen LogP contribution in [0.4, 0.5) is 5.69 Å². The van der Waals surface area contributed by atoms with E-state index in [1.54, 1.807) is 11.1 Å². The summed E-state index contributed by atoms with van der Waals surface area (Å²) in [5.74, 6) is 0.733. The van der Waals surface area contributed by atoms with Crippen molar-refractivity contribution in [2.45, 2.75) is 25.7 Å². The molecule has 0 unspecified atom stereocenters. The van der Waals surface area contributed by atoms with E-state index in [9.17, 15) is 4.79 Å². The van der Waals surface area contributed by atoms with Crippen LogP contribution in [0.2, 0.25) is 0 Å². The largest absolute Gasteiger partial charge is 0.370 e. The molecule has 2 aromatic heterocycles. The summed E-state index contributed by atoms with van der Waals surface area (Å²) < 4.78 is 0. The van der Waals surface area contributed by atoms with Gasteiger partial charge >= 0.3 is 0 Å². The van der Waals surface area contributed by atoms with E-state index in [1.807, 2.05) is 25.4 Å². The molecule has 7 nitrogen and oxygen atoms in total.